The van der Waals surface area contributed by atoms with Gasteiger partial charge in [0, 0.05) is 31.2 Å². The molecule has 0 saturated carbocycles. The molecule has 2 saturated heterocycles. The van der Waals surface area contributed by atoms with E-state index in [4.69, 9.17) is 9.72 Å². The van der Waals surface area contributed by atoms with Crippen LogP contribution in [0.15, 0.2) is 17.6 Å². The molecule has 2 aliphatic heterocycles. The molecule has 8 heteroatoms. The number of aromatic nitrogens is 3. The van der Waals surface area contributed by atoms with E-state index in [9.17, 15) is 4.79 Å². The van der Waals surface area contributed by atoms with E-state index in [2.05, 4.69) is 14.3 Å². The normalized spacial score (nSPS) is 20.9. The third-order valence-corrected chi connectivity index (χ3v) is 5.44. The Labute approximate surface area is 150 Å². The third-order valence-electron chi connectivity index (χ3n) is 4.72. The van der Waals surface area contributed by atoms with Gasteiger partial charge in [-0.25, -0.2) is 9.97 Å². The van der Waals surface area contributed by atoms with Crippen LogP contribution in [0.3, 0.4) is 0 Å². The molecule has 4 rings (SSSR count). The van der Waals surface area contributed by atoms with Crippen molar-refractivity contribution in [3.05, 3.63) is 34.6 Å². The first-order valence-electron chi connectivity index (χ1n) is 8.62. The van der Waals surface area contributed by atoms with Crippen molar-refractivity contribution in [3.8, 4) is 0 Å². The molecule has 0 spiro atoms. The van der Waals surface area contributed by atoms with E-state index in [1.54, 1.807) is 6.20 Å². The molecule has 2 fully saturated rings. The van der Waals surface area contributed by atoms with Crippen LogP contribution in [0.25, 0.3) is 0 Å². The number of morpholine rings is 1. The molecular weight excluding hydrogens is 338 g/mol. The summed E-state index contributed by atoms with van der Waals surface area (Å²) in [5, 5.41) is 1.82. The fraction of sp³-hybridized carbons (Fsp3) is 0.529. The molecular formula is C17H21N5O2S. The van der Waals surface area contributed by atoms with Crippen LogP contribution in [0.1, 0.15) is 40.7 Å². The minimum atomic E-state index is -0.214. The van der Waals surface area contributed by atoms with Crippen molar-refractivity contribution in [2.24, 2.45) is 0 Å². The second-order valence-corrected chi connectivity index (χ2v) is 7.03. The van der Waals surface area contributed by atoms with Gasteiger partial charge in [-0.2, -0.15) is 4.37 Å². The van der Waals surface area contributed by atoms with E-state index in [1.807, 2.05) is 23.3 Å². The number of hydrogen-bond acceptors (Lipinski definition) is 7. The minimum absolute atomic E-state index is 0.0216. The summed E-state index contributed by atoms with van der Waals surface area (Å²) >= 11 is 1.32. The third kappa shape index (κ3) is 3.36. The van der Waals surface area contributed by atoms with Crippen LogP contribution in [0.4, 0.5) is 5.95 Å². The van der Waals surface area contributed by atoms with E-state index in [0.29, 0.717) is 25.3 Å². The molecule has 0 aliphatic carbocycles. The molecule has 2 aromatic heterocycles. The van der Waals surface area contributed by atoms with Gasteiger partial charge in [-0.1, -0.05) is 0 Å². The second kappa shape index (κ2) is 7.05. The van der Waals surface area contributed by atoms with E-state index in [1.165, 1.54) is 24.4 Å². The lowest BCUT2D eigenvalue weighted by Gasteiger charge is -2.32. The van der Waals surface area contributed by atoms with Crippen molar-refractivity contribution in [1.29, 1.82) is 0 Å². The summed E-state index contributed by atoms with van der Waals surface area (Å²) in [6.45, 7) is 5.48. The Morgan fingerprint density at radius 2 is 2.16 bits per heavy atom. The van der Waals surface area contributed by atoms with Crippen LogP contribution >= 0.6 is 11.5 Å². The van der Waals surface area contributed by atoms with Crippen molar-refractivity contribution in [1.82, 2.24) is 19.2 Å². The number of amides is 1. The van der Waals surface area contributed by atoms with Crippen LogP contribution in [0.5, 0.6) is 0 Å². The average molecular weight is 359 g/mol. The topological polar surface area (TPSA) is 71.5 Å². The summed E-state index contributed by atoms with van der Waals surface area (Å²) in [7, 11) is 0. The van der Waals surface area contributed by atoms with Gasteiger partial charge < -0.3 is 14.5 Å². The Hall–Kier alpha value is -2.06. The molecule has 0 bridgehead atoms. The number of ether oxygens (including phenoxy) is 1. The predicted molar refractivity (Wildman–Crippen MR) is 94.9 cm³/mol. The predicted octanol–water partition coefficient (Wildman–Crippen LogP) is 2.06. The lowest BCUT2D eigenvalue weighted by atomic mass is 10.1. The van der Waals surface area contributed by atoms with Gasteiger partial charge in [0.15, 0.2) is 0 Å². The molecule has 132 valence electrons. The Balaban J connectivity index is 1.50. The van der Waals surface area contributed by atoms with Crippen molar-refractivity contribution in [2.75, 3.05) is 37.7 Å². The molecule has 1 amide bonds. The van der Waals surface area contributed by atoms with Gasteiger partial charge in [0.2, 0.25) is 5.95 Å². The Bertz CT molecular complexity index is 759. The van der Waals surface area contributed by atoms with Gasteiger partial charge in [0.05, 0.1) is 30.1 Å². The van der Waals surface area contributed by atoms with Crippen LogP contribution in [-0.2, 0) is 4.74 Å². The molecule has 0 radical (unpaired) electrons. The lowest BCUT2D eigenvalue weighted by Crippen LogP contribution is -2.42. The summed E-state index contributed by atoms with van der Waals surface area (Å²) in [5.41, 5.74) is 2.32. The quantitative estimate of drug-likeness (QED) is 0.835. The maximum absolute atomic E-state index is 12.7. The molecule has 2 aliphatic rings. The van der Waals surface area contributed by atoms with Crippen molar-refractivity contribution in [2.45, 2.75) is 25.9 Å². The first-order valence-corrected chi connectivity index (χ1v) is 9.46. The van der Waals surface area contributed by atoms with Gasteiger partial charge in [-0.15, -0.1) is 0 Å². The average Bonchev–Trinajstić information content (AvgIpc) is 3.33. The summed E-state index contributed by atoms with van der Waals surface area (Å²) in [6.07, 6.45) is 3.94. The Morgan fingerprint density at radius 3 is 2.92 bits per heavy atom. The maximum atomic E-state index is 12.7. The first-order chi connectivity index (χ1) is 12.2. The number of carbonyl (C=O) groups is 1. The smallest absolute Gasteiger partial charge is 0.256 e. The SMILES string of the molecule is Cc1nscc1C(=O)N1CCO[C@H](c2ccnc(N3CCCC3)n2)C1. The van der Waals surface area contributed by atoms with Crippen LogP contribution < -0.4 is 4.90 Å². The summed E-state index contributed by atoms with van der Waals surface area (Å²) in [6, 6.07) is 1.88. The summed E-state index contributed by atoms with van der Waals surface area (Å²) in [5.74, 6) is 0.785. The van der Waals surface area contributed by atoms with Gasteiger partial charge in [-0.05, 0) is 37.4 Å². The second-order valence-electron chi connectivity index (χ2n) is 6.40. The number of rotatable bonds is 3. The zero-order valence-corrected chi connectivity index (χ0v) is 15.0. The molecule has 1 atom stereocenters. The number of nitrogens with zero attached hydrogens (tertiary/aromatic N) is 5. The molecule has 4 heterocycles. The van der Waals surface area contributed by atoms with E-state index < -0.39 is 0 Å². The monoisotopic (exact) mass is 359 g/mol. The number of aryl methyl sites for hydroxylation is 1. The Kier molecular flexibility index (Phi) is 4.63. The van der Waals surface area contributed by atoms with Gasteiger partial charge in [0.25, 0.3) is 5.91 Å². The van der Waals surface area contributed by atoms with E-state index in [-0.39, 0.29) is 12.0 Å². The van der Waals surface area contributed by atoms with Crippen LogP contribution in [-0.4, -0.2) is 57.9 Å². The largest absolute Gasteiger partial charge is 0.368 e. The fourth-order valence-electron chi connectivity index (χ4n) is 3.29. The first kappa shape index (κ1) is 16.4. The van der Waals surface area contributed by atoms with E-state index >= 15 is 0 Å². The lowest BCUT2D eigenvalue weighted by molar-refractivity contribution is -0.0247. The zero-order valence-electron chi connectivity index (χ0n) is 14.2. The number of carbonyl (C=O) groups excluding carboxylic acids is 1. The van der Waals surface area contributed by atoms with Crippen LogP contribution in [0, 0.1) is 6.92 Å². The highest BCUT2D eigenvalue weighted by Gasteiger charge is 2.29. The van der Waals surface area contributed by atoms with Crippen molar-refractivity contribution < 1.29 is 9.53 Å². The van der Waals surface area contributed by atoms with E-state index in [0.717, 1.165) is 30.4 Å². The highest BCUT2D eigenvalue weighted by Crippen LogP contribution is 2.24. The van der Waals surface area contributed by atoms with Crippen LogP contribution in [0.2, 0.25) is 0 Å². The van der Waals surface area contributed by atoms with Crippen molar-refractivity contribution in [3.63, 3.8) is 0 Å². The highest BCUT2D eigenvalue weighted by molar-refractivity contribution is 7.03. The molecule has 7 nitrogen and oxygen atoms in total. The molecule has 2 aromatic rings. The van der Waals surface area contributed by atoms with Gasteiger partial charge in [-0.3, -0.25) is 4.79 Å². The standard InChI is InChI=1S/C17H21N5O2S/c1-12-13(11-25-20-12)16(23)22-8-9-24-15(10-22)14-4-5-18-17(19-14)21-6-2-3-7-21/h4-5,11,15H,2-3,6-10H2,1H3/t15-/m0/s1. The molecule has 25 heavy (non-hydrogen) atoms. The number of anilines is 1. The molecule has 0 unspecified atom stereocenters. The molecule has 0 aromatic carbocycles. The maximum Gasteiger partial charge on any atom is 0.256 e. The number of hydrogen-bond donors (Lipinski definition) is 0. The summed E-state index contributed by atoms with van der Waals surface area (Å²) in [4.78, 5) is 25.9. The zero-order chi connectivity index (χ0) is 17.2. The minimum Gasteiger partial charge on any atom is -0.368 e. The van der Waals surface area contributed by atoms with Gasteiger partial charge >= 0.3 is 0 Å². The summed E-state index contributed by atoms with van der Waals surface area (Å²) < 4.78 is 10.1. The Morgan fingerprint density at radius 1 is 1.32 bits per heavy atom. The fourth-order valence-corrected chi connectivity index (χ4v) is 3.98. The highest BCUT2D eigenvalue weighted by atomic mass is 32.1. The molecule has 0 N–H and O–H groups in total. The van der Waals surface area contributed by atoms with Crippen molar-refractivity contribution >= 4 is 23.4 Å². The van der Waals surface area contributed by atoms with Gasteiger partial charge in [0.1, 0.15) is 6.10 Å².